The van der Waals surface area contributed by atoms with Crippen molar-refractivity contribution in [2.75, 3.05) is 0 Å². The van der Waals surface area contributed by atoms with E-state index in [4.69, 9.17) is 11.6 Å². The molecule has 0 amide bonds. The lowest BCUT2D eigenvalue weighted by atomic mass is 9.96. The Balaban J connectivity index is 2.33. The minimum absolute atomic E-state index is 0.0675. The van der Waals surface area contributed by atoms with Crippen molar-refractivity contribution in [1.29, 1.82) is 0 Å². The number of hydrogen-bond acceptors (Lipinski definition) is 2. The molecule has 0 unspecified atom stereocenters. The number of benzene rings is 1. The third kappa shape index (κ3) is 2.71. The van der Waals surface area contributed by atoms with Crippen LogP contribution in [0.2, 0.25) is 5.02 Å². The van der Waals surface area contributed by atoms with E-state index >= 15 is 0 Å². The molecule has 19 heavy (non-hydrogen) atoms. The van der Waals surface area contributed by atoms with Crippen LogP contribution in [0.1, 0.15) is 32.7 Å². The van der Waals surface area contributed by atoms with Crippen LogP contribution in [0.25, 0.3) is 0 Å². The Kier molecular flexibility index (Phi) is 3.76. The maximum absolute atomic E-state index is 12.4. The smallest absolute Gasteiger partial charge is 0.184 e. The summed E-state index contributed by atoms with van der Waals surface area (Å²) < 4.78 is 1.64. The summed E-state index contributed by atoms with van der Waals surface area (Å²) in [7, 11) is 0. The number of ketones is 1. The van der Waals surface area contributed by atoms with Crippen LogP contribution in [0, 0.1) is 27.7 Å². The van der Waals surface area contributed by atoms with Crippen LogP contribution < -0.4 is 0 Å². The molecule has 0 spiro atoms. The van der Waals surface area contributed by atoms with E-state index in [1.54, 1.807) is 10.9 Å². The summed E-state index contributed by atoms with van der Waals surface area (Å²) in [5.74, 6) is 0.0675. The van der Waals surface area contributed by atoms with E-state index in [0.29, 0.717) is 5.02 Å². The summed E-state index contributed by atoms with van der Waals surface area (Å²) in [5.41, 5.74) is 4.80. The standard InChI is InChI=1S/C15H17ClN2O/c1-9-5-10(2)15(11(3)6-9)14(19)8-18-12(4)13(16)7-17-18/h5-7H,8H2,1-4H3. The first-order valence-electron chi connectivity index (χ1n) is 6.19. The van der Waals surface area contributed by atoms with E-state index in [-0.39, 0.29) is 12.3 Å². The highest BCUT2D eigenvalue weighted by molar-refractivity contribution is 6.31. The van der Waals surface area contributed by atoms with Gasteiger partial charge in [0.2, 0.25) is 0 Å². The van der Waals surface area contributed by atoms with Crippen molar-refractivity contribution in [3.63, 3.8) is 0 Å². The molecule has 3 nitrogen and oxygen atoms in total. The van der Waals surface area contributed by atoms with Gasteiger partial charge in [-0.1, -0.05) is 29.3 Å². The van der Waals surface area contributed by atoms with Crippen LogP contribution in [0.15, 0.2) is 18.3 Å². The average Bonchev–Trinajstić information content (AvgIpc) is 2.59. The largest absolute Gasteiger partial charge is 0.292 e. The monoisotopic (exact) mass is 276 g/mol. The van der Waals surface area contributed by atoms with E-state index in [1.165, 1.54) is 5.56 Å². The summed E-state index contributed by atoms with van der Waals surface area (Å²) in [4.78, 5) is 12.4. The molecule has 1 heterocycles. The SMILES string of the molecule is Cc1cc(C)c(C(=O)Cn2ncc(Cl)c2C)c(C)c1. The van der Waals surface area contributed by atoms with Crippen LogP contribution in [0.5, 0.6) is 0 Å². The normalized spacial score (nSPS) is 10.8. The average molecular weight is 277 g/mol. The highest BCUT2D eigenvalue weighted by Crippen LogP contribution is 2.19. The molecule has 0 atom stereocenters. The predicted octanol–water partition coefficient (Wildman–Crippen LogP) is 3.65. The first kappa shape index (κ1) is 13.8. The number of carbonyl (C=O) groups excluding carboxylic acids is 1. The molecule has 0 aliphatic rings. The number of carbonyl (C=O) groups is 1. The van der Waals surface area contributed by atoms with Crippen molar-refractivity contribution in [2.45, 2.75) is 34.2 Å². The Hall–Kier alpha value is -1.61. The third-order valence-electron chi connectivity index (χ3n) is 3.29. The number of Topliss-reactive ketones (excluding diaryl/α,β-unsaturated/α-hetero) is 1. The van der Waals surface area contributed by atoms with Gasteiger partial charge in [0, 0.05) is 5.56 Å². The van der Waals surface area contributed by atoms with Gasteiger partial charge in [-0.3, -0.25) is 9.48 Å². The van der Waals surface area contributed by atoms with E-state index in [2.05, 4.69) is 5.10 Å². The lowest BCUT2D eigenvalue weighted by Gasteiger charge is -2.11. The molecular weight excluding hydrogens is 260 g/mol. The maximum Gasteiger partial charge on any atom is 0.184 e. The lowest BCUT2D eigenvalue weighted by molar-refractivity contribution is 0.0965. The summed E-state index contributed by atoms with van der Waals surface area (Å²) in [6, 6.07) is 4.06. The number of halogens is 1. The van der Waals surface area contributed by atoms with Crippen molar-refractivity contribution in [3.8, 4) is 0 Å². The van der Waals surface area contributed by atoms with Gasteiger partial charge in [-0.05, 0) is 38.8 Å². The number of aryl methyl sites for hydroxylation is 3. The number of nitrogens with zero attached hydrogens (tertiary/aromatic N) is 2. The quantitative estimate of drug-likeness (QED) is 0.802. The van der Waals surface area contributed by atoms with Gasteiger partial charge in [0.15, 0.2) is 5.78 Å². The molecule has 0 fully saturated rings. The Morgan fingerprint density at radius 2 is 1.79 bits per heavy atom. The lowest BCUT2D eigenvalue weighted by Crippen LogP contribution is -2.15. The molecule has 0 N–H and O–H groups in total. The molecule has 1 aromatic carbocycles. The topological polar surface area (TPSA) is 34.9 Å². The number of hydrogen-bond donors (Lipinski definition) is 0. The Morgan fingerprint density at radius 1 is 1.21 bits per heavy atom. The van der Waals surface area contributed by atoms with E-state index < -0.39 is 0 Å². The molecule has 0 aliphatic heterocycles. The molecule has 100 valence electrons. The fraction of sp³-hybridized carbons (Fsp3) is 0.333. The molecule has 2 rings (SSSR count). The molecular formula is C15H17ClN2O. The molecule has 4 heteroatoms. The fourth-order valence-corrected chi connectivity index (χ4v) is 2.56. The molecule has 0 aliphatic carbocycles. The van der Waals surface area contributed by atoms with E-state index in [0.717, 1.165) is 22.4 Å². The molecule has 0 saturated heterocycles. The van der Waals surface area contributed by atoms with Crippen LogP contribution in [-0.4, -0.2) is 15.6 Å². The van der Waals surface area contributed by atoms with E-state index in [1.807, 2.05) is 39.8 Å². The summed E-state index contributed by atoms with van der Waals surface area (Å²) in [6.07, 6.45) is 1.57. The van der Waals surface area contributed by atoms with Crippen molar-refractivity contribution >= 4 is 17.4 Å². The van der Waals surface area contributed by atoms with Crippen LogP contribution in [-0.2, 0) is 6.54 Å². The van der Waals surface area contributed by atoms with Crippen molar-refractivity contribution in [3.05, 3.63) is 51.3 Å². The maximum atomic E-state index is 12.4. The van der Waals surface area contributed by atoms with Gasteiger partial charge in [-0.2, -0.15) is 5.10 Å². The van der Waals surface area contributed by atoms with Gasteiger partial charge in [0.25, 0.3) is 0 Å². The molecule has 0 radical (unpaired) electrons. The van der Waals surface area contributed by atoms with E-state index in [9.17, 15) is 4.79 Å². The fourth-order valence-electron chi connectivity index (χ4n) is 2.42. The van der Waals surface area contributed by atoms with Crippen molar-refractivity contribution in [1.82, 2.24) is 9.78 Å². The van der Waals surface area contributed by atoms with Gasteiger partial charge in [0.1, 0.15) is 6.54 Å². The van der Waals surface area contributed by atoms with Gasteiger partial charge in [-0.15, -0.1) is 0 Å². The highest BCUT2D eigenvalue weighted by atomic mass is 35.5. The van der Waals surface area contributed by atoms with Crippen molar-refractivity contribution in [2.24, 2.45) is 0 Å². The van der Waals surface area contributed by atoms with Crippen molar-refractivity contribution < 1.29 is 4.79 Å². The van der Waals surface area contributed by atoms with Gasteiger partial charge >= 0.3 is 0 Å². The Morgan fingerprint density at radius 3 is 2.26 bits per heavy atom. The predicted molar refractivity (Wildman–Crippen MR) is 77.0 cm³/mol. The molecule has 2 aromatic rings. The van der Waals surface area contributed by atoms with Crippen LogP contribution in [0.3, 0.4) is 0 Å². The zero-order chi connectivity index (χ0) is 14.2. The summed E-state index contributed by atoms with van der Waals surface area (Å²) in [5, 5.41) is 4.71. The minimum Gasteiger partial charge on any atom is -0.292 e. The minimum atomic E-state index is 0.0675. The third-order valence-corrected chi connectivity index (χ3v) is 3.66. The Labute approximate surface area is 118 Å². The Bertz CT molecular complexity index is 621. The molecule has 1 aromatic heterocycles. The van der Waals surface area contributed by atoms with Gasteiger partial charge in [-0.25, -0.2) is 0 Å². The number of aromatic nitrogens is 2. The highest BCUT2D eigenvalue weighted by Gasteiger charge is 2.15. The number of rotatable bonds is 3. The van der Waals surface area contributed by atoms with Crippen LogP contribution in [0.4, 0.5) is 0 Å². The molecule has 0 saturated carbocycles. The second kappa shape index (κ2) is 5.17. The second-order valence-corrected chi connectivity index (χ2v) is 5.34. The molecule has 0 bridgehead atoms. The zero-order valence-electron chi connectivity index (χ0n) is 11.6. The van der Waals surface area contributed by atoms with Crippen LogP contribution >= 0.6 is 11.6 Å². The zero-order valence-corrected chi connectivity index (χ0v) is 12.4. The second-order valence-electron chi connectivity index (χ2n) is 4.93. The summed E-state index contributed by atoms with van der Waals surface area (Å²) >= 11 is 5.95. The van der Waals surface area contributed by atoms with Gasteiger partial charge < -0.3 is 0 Å². The first-order chi connectivity index (χ1) is 8.90. The summed E-state index contributed by atoms with van der Waals surface area (Å²) in [6.45, 7) is 8.05. The van der Waals surface area contributed by atoms with Gasteiger partial charge in [0.05, 0.1) is 16.9 Å². The first-order valence-corrected chi connectivity index (χ1v) is 6.57.